The molecule has 0 bridgehead atoms. The van der Waals surface area contributed by atoms with Crippen LogP contribution in [0.15, 0.2) is 40.0 Å². The van der Waals surface area contributed by atoms with Crippen molar-refractivity contribution in [2.24, 2.45) is 5.10 Å². The van der Waals surface area contributed by atoms with Gasteiger partial charge in [-0.05, 0) is 53.5 Å². The van der Waals surface area contributed by atoms with Crippen molar-refractivity contribution in [3.05, 3.63) is 50.6 Å². The van der Waals surface area contributed by atoms with Crippen LogP contribution in [0.3, 0.4) is 0 Å². The third-order valence-electron chi connectivity index (χ3n) is 2.99. The molecule has 0 saturated heterocycles. The van der Waals surface area contributed by atoms with Crippen molar-refractivity contribution in [3.8, 4) is 11.5 Å². The maximum Gasteiger partial charge on any atom is 0.313 e. The standard InChI is InChI=1S/C16H17BrN4O4/c1-3-24-14-9-11(8-12(17)15(14)25-4-2)10-19-20-16-13(21(22)23)6-5-7-18-16/h5-10H,3-4H2,1-2H3,(H,18,20)/b19-10-. The number of pyridine rings is 1. The molecule has 1 N–H and O–H groups in total. The number of halogens is 1. The largest absolute Gasteiger partial charge is 0.490 e. The SMILES string of the molecule is CCOc1cc(/C=N\Nc2ncccc2[N+](=O)[O-])cc(Br)c1OCC. The molecule has 0 saturated carbocycles. The molecule has 9 heteroatoms. The van der Waals surface area contributed by atoms with Crippen LogP contribution in [-0.4, -0.2) is 29.3 Å². The summed E-state index contributed by atoms with van der Waals surface area (Å²) >= 11 is 3.45. The molecule has 2 aromatic rings. The first kappa shape index (κ1) is 18.7. The zero-order valence-electron chi connectivity index (χ0n) is 13.7. The highest BCUT2D eigenvalue weighted by atomic mass is 79.9. The van der Waals surface area contributed by atoms with E-state index in [0.717, 1.165) is 10.0 Å². The number of hydrogen-bond donors (Lipinski definition) is 1. The second-order valence-electron chi connectivity index (χ2n) is 4.69. The molecule has 2 rings (SSSR count). The normalized spacial score (nSPS) is 10.7. The third kappa shape index (κ3) is 4.90. The second kappa shape index (κ2) is 8.97. The number of hydrazone groups is 1. The van der Waals surface area contributed by atoms with Crippen molar-refractivity contribution < 1.29 is 14.4 Å². The van der Waals surface area contributed by atoms with Gasteiger partial charge < -0.3 is 9.47 Å². The molecule has 25 heavy (non-hydrogen) atoms. The Morgan fingerprint density at radius 1 is 1.36 bits per heavy atom. The first-order valence-electron chi connectivity index (χ1n) is 7.54. The Bertz CT molecular complexity index is 783. The number of rotatable bonds is 8. The Morgan fingerprint density at radius 3 is 2.80 bits per heavy atom. The lowest BCUT2D eigenvalue weighted by molar-refractivity contribution is -0.384. The van der Waals surface area contributed by atoms with Gasteiger partial charge in [-0.15, -0.1) is 0 Å². The predicted octanol–water partition coefficient (Wildman–Crippen LogP) is 4.00. The van der Waals surface area contributed by atoms with Crippen LogP contribution in [0.5, 0.6) is 11.5 Å². The lowest BCUT2D eigenvalue weighted by Gasteiger charge is -2.13. The van der Waals surface area contributed by atoms with Gasteiger partial charge in [0.25, 0.3) is 0 Å². The van der Waals surface area contributed by atoms with E-state index in [1.165, 1.54) is 24.5 Å². The van der Waals surface area contributed by atoms with E-state index in [1.54, 1.807) is 6.07 Å². The quantitative estimate of drug-likeness (QED) is 0.402. The summed E-state index contributed by atoms with van der Waals surface area (Å²) in [6.07, 6.45) is 2.97. The number of anilines is 1. The van der Waals surface area contributed by atoms with Crippen LogP contribution in [0.25, 0.3) is 0 Å². The average Bonchev–Trinajstić information content (AvgIpc) is 2.58. The topological polar surface area (TPSA) is 98.9 Å². The smallest absolute Gasteiger partial charge is 0.313 e. The molecular formula is C16H17BrN4O4. The van der Waals surface area contributed by atoms with Crippen LogP contribution in [0, 0.1) is 10.1 Å². The van der Waals surface area contributed by atoms with Gasteiger partial charge in [-0.2, -0.15) is 5.10 Å². The van der Waals surface area contributed by atoms with E-state index in [9.17, 15) is 10.1 Å². The Morgan fingerprint density at radius 2 is 2.12 bits per heavy atom. The van der Waals surface area contributed by atoms with Gasteiger partial charge in [-0.1, -0.05) is 0 Å². The van der Waals surface area contributed by atoms with Crippen molar-refractivity contribution in [2.45, 2.75) is 13.8 Å². The fourth-order valence-corrected chi connectivity index (χ4v) is 2.58. The summed E-state index contributed by atoms with van der Waals surface area (Å²) in [6.45, 7) is 4.77. The maximum atomic E-state index is 11.0. The van der Waals surface area contributed by atoms with Crippen LogP contribution in [0.4, 0.5) is 11.5 Å². The summed E-state index contributed by atoms with van der Waals surface area (Å²) < 4.78 is 11.9. The predicted molar refractivity (Wildman–Crippen MR) is 98.6 cm³/mol. The molecule has 1 aromatic heterocycles. The molecule has 0 atom stereocenters. The molecule has 0 aliphatic carbocycles. The number of nitro groups is 1. The molecular weight excluding hydrogens is 392 g/mol. The highest BCUT2D eigenvalue weighted by Crippen LogP contribution is 2.36. The fraction of sp³-hybridized carbons (Fsp3) is 0.250. The van der Waals surface area contributed by atoms with Gasteiger partial charge in [-0.3, -0.25) is 15.5 Å². The number of aromatic nitrogens is 1. The van der Waals surface area contributed by atoms with Crippen LogP contribution < -0.4 is 14.9 Å². The highest BCUT2D eigenvalue weighted by molar-refractivity contribution is 9.10. The van der Waals surface area contributed by atoms with Crippen molar-refractivity contribution in [1.29, 1.82) is 0 Å². The second-order valence-corrected chi connectivity index (χ2v) is 5.55. The summed E-state index contributed by atoms with van der Waals surface area (Å²) in [5, 5.41) is 15.0. The minimum atomic E-state index is -0.522. The molecule has 132 valence electrons. The monoisotopic (exact) mass is 408 g/mol. The zero-order chi connectivity index (χ0) is 18.2. The molecule has 0 amide bonds. The molecule has 0 radical (unpaired) electrons. The summed E-state index contributed by atoms with van der Waals surface area (Å²) in [4.78, 5) is 14.3. The lowest BCUT2D eigenvalue weighted by atomic mass is 10.2. The molecule has 0 fully saturated rings. The molecule has 0 aliphatic heterocycles. The number of benzene rings is 1. The highest BCUT2D eigenvalue weighted by Gasteiger charge is 2.13. The Balaban J connectivity index is 2.22. The van der Waals surface area contributed by atoms with Crippen LogP contribution in [-0.2, 0) is 0 Å². The van der Waals surface area contributed by atoms with Crippen molar-refractivity contribution in [2.75, 3.05) is 18.6 Å². The van der Waals surface area contributed by atoms with Gasteiger partial charge in [0.05, 0.1) is 28.8 Å². The molecule has 1 heterocycles. The van der Waals surface area contributed by atoms with Crippen LogP contribution in [0.2, 0.25) is 0 Å². The van der Waals surface area contributed by atoms with Gasteiger partial charge in [0, 0.05) is 12.3 Å². The van der Waals surface area contributed by atoms with Gasteiger partial charge in [0.2, 0.25) is 5.82 Å². The van der Waals surface area contributed by atoms with Crippen molar-refractivity contribution >= 4 is 33.6 Å². The van der Waals surface area contributed by atoms with E-state index in [2.05, 4.69) is 31.4 Å². The Kier molecular flexibility index (Phi) is 6.70. The molecule has 0 spiro atoms. The van der Waals surface area contributed by atoms with Gasteiger partial charge in [0.1, 0.15) is 0 Å². The summed E-state index contributed by atoms with van der Waals surface area (Å²) in [5.74, 6) is 1.28. The first-order valence-corrected chi connectivity index (χ1v) is 8.33. The molecule has 1 aromatic carbocycles. The van der Waals surface area contributed by atoms with Gasteiger partial charge in [-0.25, -0.2) is 4.98 Å². The number of nitrogens with one attached hydrogen (secondary N) is 1. The minimum Gasteiger partial charge on any atom is -0.490 e. The Hall–Kier alpha value is -2.68. The lowest BCUT2D eigenvalue weighted by Crippen LogP contribution is -2.01. The maximum absolute atomic E-state index is 11.0. The van der Waals surface area contributed by atoms with Gasteiger partial charge in [0.15, 0.2) is 11.5 Å². The average molecular weight is 409 g/mol. The van der Waals surface area contributed by atoms with Gasteiger partial charge >= 0.3 is 5.69 Å². The summed E-state index contributed by atoms with van der Waals surface area (Å²) in [6, 6.07) is 6.43. The number of ether oxygens (including phenoxy) is 2. The van der Waals surface area contributed by atoms with E-state index in [0.29, 0.717) is 24.7 Å². The van der Waals surface area contributed by atoms with Crippen LogP contribution in [0.1, 0.15) is 19.4 Å². The summed E-state index contributed by atoms with van der Waals surface area (Å²) in [5.41, 5.74) is 3.16. The van der Waals surface area contributed by atoms with E-state index in [1.807, 2.05) is 19.9 Å². The zero-order valence-corrected chi connectivity index (χ0v) is 15.3. The van der Waals surface area contributed by atoms with E-state index < -0.39 is 4.92 Å². The van der Waals surface area contributed by atoms with E-state index in [4.69, 9.17) is 9.47 Å². The molecule has 0 aliphatic rings. The number of hydrogen-bond acceptors (Lipinski definition) is 7. The minimum absolute atomic E-state index is 0.0683. The van der Waals surface area contributed by atoms with Crippen molar-refractivity contribution in [3.63, 3.8) is 0 Å². The molecule has 8 nitrogen and oxygen atoms in total. The summed E-state index contributed by atoms with van der Waals surface area (Å²) in [7, 11) is 0. The number of nitrogens with zero attached hydrogens (tertiary/aromatic N) is 3. The first-order chi connectivity index (χ1) is 12.1. The third-order valence-corrected chi connectivity index (χ3v) is 3.58. The van der Waals surface area contributed by atoms with E-state index in [-0.39, 0.29) is 11.5 Å². The fourth-order valence-electron chi connectivity index (χ4n) is 2.01. The Labute approximate surface area is 153 Å². The van der Waals surface area contributed by atoms with E-state index >= 15 is 0 Å². The molecule has 0 unspecified atom stereocenters. The van der Waals surface area contributed by atoms with Crippen LogP contribution >= 0.6 is 15.9 Å². The van der Waals surface area contributed by atoms with Crippen molar-refractivity contribution in [1.82, 2.24) is 4.98 Å².